The number of piperidine rings is 1. The lowest BCUT2D eigenvalue weighted by atomic mass is 9.92. The number of halogens is 1. The largest absolute Gasteiger partial charge is 0.338 e. The molecule has 3 N–H and O–H groups in total. The monoisotopic (exact) mass is 389 g/mol. The summed E-state index contributed by atoms with van der Waals surface area (Å²) in [7, 11) is 0. The number of hydrogen-bond donors (Lipinski definition) is 2. The zero-order valence-corrected chi connectivity index (χ0v) is 16.3. The minimum Gasteiger partial charge on any atom is -0.338 e. The molecule has 7 heteroatoms. The highest BCUT2D eigenvalue weighted by molar-refractivity contribution is 7.18. The molecule has 0 bridgehead atoms. The molecule has 0 aliphatic carbocycles. The summed E-state index contributed by atoms with van der Waals surface area (Å²) in [6, 6.07) is 7.35. The highest BCUT2D eigenvalue weighted by Crippen LogP contribution is 2.30. The number of carbonyl (C=O) groups is 2. The van der Waals surface area contributed by atoms with E-state index in [1.807, 2.05) is 18.7 Å². The van der Waals surface area contributed by atoms with E-state index < -0.39 is 11.7 Å². The normalized spacial score (nSPS) is 18.2. The number of likely N-dealkylation sites (tertiary alicyclic amines) is 1. The molecular weight excluding hydrogens is 365 g/mol. The fourth-order valence-electron chi connectivity index (χ4n) is 3.34. The predicted octanol–water partition coefficient (Wildman–Crippen LogP) is 3.65. The Balaban J connectivity index is 1.72. The summed E-state index contributed by atoms with van der Waals surface area (Å²) in [5.74, 6) is -0.566. The smallest absolute Gasteiger partial charge is 0.264 e. The SMILES string of the molecule is Cc1cc(NC(=O)c2cccc(F)c2)sc1C(=O)N1CCCC(C(C)N)C1. The number of carbonyl (C=O) groups excluding carboxylic acids is 2. The molecule has 0 saturated carbocycles. The Kier molecular flexibility index (Phi) is 5.92. The summed E-state index contributed by atoms with van der Waals surface area (Å²) in [4.78, 5) is 27.7. The number of amides is 2. The maximum absolute atomic E-state index is 13.3. The van der Waals surface area contributed by atoms with Gasteiger partial charge in [0.05, 0.1) is 9.88 Å². The third-order valence-electron chi connectivity index (χ3n) is 4.92. The summed E-state index contributed by atoms with van der Waals surface area (Å²) in [5, 5.41) is 3.33. The first kappa shape index (κ1) is 19.5. The average Bonchev–Trinajstić information content (AvgIpc) is 3.01. The molecular formula is C20H24FN3O2S. The maximum Gasteiger partial charge on any atom is 0.264 e. The van der Waals surface area contributed by atoms with Crippen molar-refractivity contribution in [2.75, 3.05) is 18.4 Å². The fourth-order valence-corrected chi connectivity index (χ4v) is 4.37. The van der Waals surface area contributed by atoms with Crippen LogP contribution in [0.4, 0.5) is 9.39 Å². The van der Waals surface area contributed by atoms with E-state index in [0.717, 1.165) is 24.9 Å². The molecule has 2 amide bonds. The summed E-state index contributed by atoms with van der Waals surface area (Å²) in [6.07, 6.45) is 1.99. The molecule has 0 radical (unpaired) electrons. The highest BCUT2D eigenvalue weighted by Gasteiger charge is 2.28. The van der Waals surface area contributed by atoms with Gasteiger partial charge in [0.2, 0.25) is 0 Å². The van der Waals surface area contributed by atoms with E-state index >= 15 is 0 Å². The fraction of sp³-hybridized carbons (Fsp3) is 0.400. The van der Waals surface area contributed by atoms with Crippen LogP contribution in [0.3, 0.4) is 0 Å². The molecule has 144 valence electrons. The predicted molar refractivity (Wildman–Crippen MR) is 106 cm³/mol. The van der Waals surface area contributed by atoms with E-state index in [0.29, 0.717) is 22.3 Å². The van der Waals surface area contributed by atoms with Gasteiger partial charge in [0.1, 0.15) is 5.82 Å². The van der Waals surface area contributed by atoms with Crippen LogP contribution in [0.5, 0.6) is 0 Å². The molecule has 2 unspecified atom stereocenters. The second-order valence-electron chi connectivity index (χ2n) is 7.10. The van der Waals surface area contributed by atoms with Gasteiger partial charge in [-0.1, -0.05) is 6.07 Å². The number of thiophene rings is 1. The number of nitrogens with two attached hydrogens (primary N) is 1. The molecule has 1 aromatic carbocycles. The number of rotatable bonds is 4. The van der Waals surface area contributed by atoms with Crippen molar-refractivity contribution in [1.29, 1.82) is 0 Å². The van der Waals surface area contributed by atoms with Gasteiger partial charge in [-0.2, -0.15) is 0 Å². The van der Waals surface area contributed by atoms with Gasteiger partial charge in [-0.25, -0.2) is 4.39 Å². The molecule has 27 heavy (non-hydrogen) atoms. The molecule has 1 saturated heterocycles. The molecule has 2 heterocycles. The maximum atomic E-state index is 13.3. The number of benzene rings is 1. The van der Waals surface area contributed by atoms with Crippen molar-refractivity contribution >= 4 is 28.2 Å². The Hall–Kier alpha value is -2.25. The topological polar surface area (TPSA) is 75.4 Å². The summed E-state index contributed by atoms with van der Waals surface area (Å²) in [5.41, 5.74) is 7.08. The number of nitrogens with one attached hydrogen (secondary N) is 1. The molecule has 5 nitrogen and oxygen atoms in total. The second-order valence-corrected chi connectivity index (χ2v) is 8.15. The van der Waals surface area contributed by atoms with E-state index in [2.05, 4.69) is 5.32 Å². The zero-order chi connectivity index (χ0) is 19.6. The van der Waals surface area contributed by atoms with Crippen molar-refractivity contribution in [2.45, 2.75) is 32.7 Å². The quantitative estimate of drug-likeness (QED) is 0.838. The highest BCUT2D eigenvalue weighted by atomic mass is 32.1. The van der Waals surface area contributed by atoms with Gasteiger partial charge >= 0.3 is 0 Å². The van der Waals surface area contributed by atoms with Crippen molar-refractivity contribution in [2.24, 2.45) is 11.7 Å². The average molecular weight is 389 g/mol. The zero-order valence-electron chi connectivity index (χ0n) is 15.5. The molecule has 1 aromatic heterocycles. The minimum atomic E-state index is -0.463. The molecule has 0 spiro atoms. The Morgan fingerprint density at radius 3 is 2.85 bits per heavy atom. The number of nitrogens with zero attached hydrogens (tertiary/aromatic N) is 1. The van der Waals surface area contributed by atoms with Gasteiger partial charge in [0, 0.05) is 24.7 Å². The lowest BCUT2D eigenvalue weighted by Gasteiger charge is -2.34. The van der Waals surface area contributed by atoms with E-state index in [4.69, 9.17) is 5.73 Å². The Bertz CT molecular complexity index is 850. The first-order valence-electron chi connectivity index (χ1n) is 9.07. The van der Waals surface area contributed by atoms with E-state index in [1.54, 1.807) is 12.1 Å². The van der Waals surface area contributed by atoms with E-state index in [1.165, 1.54) is 29.5 Å². The van der Waals surface area contributed by atoms with Crippen molar-refractivity contribution in [3.05, 3.63) is 52.2 Å². The summed E-state index contributed by atoms with van der Waals surface area (Å²) < 4.78 is 13.3. The molecule has 2 aromatic rings. The van der Waals surface area contributed by atoms with Gasteiger partial charge in [0.25, 0.3) is 11.8 Å². The summed E-state index contributed by atoms with van der Waals surface area (Å²) >= 11 is 1.25. The van der Waals surface area contributed by atoms with Crippen molar-refractivity contribution < 1.29 is 14.0 Å². The van der Waals surface area contributed by atoms with Gasteiger partial charge in [0.15, 0.2) is 0 Å². The first-order chi connectivity index (χ1) is 12.8. The van der Waals surface area contributed by atoms with Crippen LogP contribution in [-0.2, 0) is 0 Å². The Morgan fingerprint density at radius 2 is 2.15 bits per heavy atom. The third kappa shape index (κ3) is 4.54. The Morgan fingerprint density at radius 1 is 1.37 bits per heavy atom. The van der Waals surface area contributed by atoms with Crippen LogP contribution in [0.15, 0.2) is 30.3 Å². The van der Waals surface area contributed by atoms with Crippen LogP contribution in [0.2, 0.25) is 0 Å². The second kappa shape index (κ2) is 8.19. The molecule has 1 aliphatic rings. The van der Waals surface area contributed by atoms with Crippen LogP contribution in [0.25, 0.3) is 0 Å². The van der Waals surface area contributed by atoms with Gasteiger partial charge < -0.3 is 16.0 Å². The van der Waals surface area contributed by atoms with Gasteiger partial charge in [-0.05, 0) is 62.4 Å². The van der Waals surface area contributed by atoms with Crippen LogP contribution < -0.4 is 11.1 Å². The summed E-state index contributed by atoms with van der Waals surface area (Å²) in [6.45, 7) is 5.23. The Labute approximate surface area is 162 Å². The number of anilines is 1. The third-order valence-corrected chi connectivity index (χ3v) is 6.06. The van der Waals surface area contributed by atoms with Crippen molar-refractivity contribution in [3.8, 4) is 0 Å². The molecule has 2 atom stereocenters. The van der Waals surface area contributed by atoms with E-state index in [-0.39, 0.29) is 17.5 Å². The van der Waals surface area contributed by atoms with Crippen LogP contribution in [0, 0.1) is 18.7 Å². The lowest BCUT2D eigenvalue weighted by Crippen LogP contribution is -2.45. The van der Waals surface area contributed by atoms with Crippen LogP contribution in [0.1, 0.15) is 45.4 Å². The van der Waals surface area contributed by atoms with Gasteiger partial charge in [-0.15, -0.1) is 11.3 Å². The van der Waals surface area contributed by atoms with Gasteiger partial charge in [-0.3, -0.25) is 9.59 Å². The number of aryl methyl sites for hydroxylation is 1. The van der Waals surface area contributed by atoms with Crippen molar-refractivity contribution in [1.82, 2.24) is 4.90 Å². The number of hydrogen-bond acceptors (Lipinski definition) is 4. The lowest BCUT2D eigenvalue weighted by molar-refractivity contribution is 0.0665. The van der Waals surface area contributed by atoms with Crippen LogP contribution in [-0.4, -0.2) is 35.8 Å². The van der Waals surface area contributed by atoms with Crippen molar-refractivity contribution in [3.63, 3.8) is 0 Å². The standard InChI is InChI=1S/C20H24FN3O2S/c1-12-9-17(23-19(25)14-5-3-7-16(21)10-14)27-18(12)20(26)24-8-4-6-15(11-24)13(2)22/h3,5,7,9-10,13,15H,4,6,8,11,22H2,1-2H3,(H,23,25). The molecule has 1 fully saturated rings. The molecule has 3 rings (SSSR count). The first-order valence-corrected chi connectivity index (χ1v) is 9.89. The van der Waals surface area contributed by atoms with Crippen LogP contribution >= 0.6 is 11.3 Å². The molecule has 1 aliphatic heterocycles. The minimum absolute atomic E-state index is 0.0193. The van der Waals surface area contributed by atoms with E-state index in [9.17, 15) is 14.0 Å².